The molecule has 1 aliphatic rings. The van der Waals surface area contributed by atoms with E-state index in [9.17, 15) is 18.3 Å². The van der Waals surface area contributed by atoms with Crippen LogP contribution in [0.1, 0.15) is 30.2 Å². The molecule has 1 aromatic carbocycles. The number of aliphatic hydroxyl groups excluding tert-OH is 1. The highest BCUT2D eigenvalue weighted by atomic mass is 19.4. The summed E-state index contributed by atoms with van der Waals surface area (Å²) < 4.78 is 41.1. The van der Waals surface area contributed by atoms with Gasteiger partial charge in [-0.05, 0) is 29.8 Å². The van der Waals surface area contributed by atoms with Crippen molar-refractivity contribution in [2.75, 3.05) is 14.1 Å². The second-order valence-electron chi connectivity index (χ2n) is 6.75. The minimum atomic E-state index is -4.74. The van der Waals surface area contributed by atoms with E-state index in [0.29, 0.717) is 24.1 Å². The monoisotopic (exact) mass is 379 g/mol. The number of hydrogen-bond acceptors (Lipinski definition) is 5. The SMILES string of the molecule is CN(C)N=C1CC(c2ccc(OC(F)(F)F)cc2)([C@H](O)c2ccccn2)C1. The summed E-state index contributed by atoms with van der Waals surface area (Å²) in [4.78, 5) is 4.23. The van der Waals surface area contributed by atoms with Crippen molar-refractivity contribution in [2.45, 2.75) is 30.7 Å². The Balaban J connectivity index is 1.92. The molecular weight excluding hydrogens is 359 g/mol. The molecule has 3 rings (SSSR count). The number of hydrogen-bond donors (Lipinski definition) is 1. The molecule has 2 aromatic rings. The van der Waals surface area contributed by atoms with Gasteiger partial charge in [0.25, 0.3) is 0 Å². The molecule has 144 valence electrons. The summed E-state index contributed by atoms with van der Waals surface area (Å²) in [5.74, 6) is -0.296. The molecule has 27 heavy (non-hydrogen) atoms. The van der Waals surface area contributed by atoms with Crippen LogP contribution in [0.25, 0.3) is 0 Å². The van der Waals surface area contributed by atoms with Gasteiger partial charge in [0, 0.05) is 44.3 Å². The Morgan fingerprint density at radius 3 is 2.33 bits per heavy atom. The number of pyridine rings is 1. The van der Waals surface area contributed by atoms with Gasteiger partial charge in [0.1, 0.15) is 11.9 Å². The highest BCUT2D eigenvalue weighted by Crippen LogP contribution is 2.50. The standard InChI is InChI=1S/C19H20F3N3O2/c1-25(2)24-14-11-18(12-14,17(26)16-5-3-4-10-23-16)13-6-8-15(9-7-13)27-19(20,21)22/h3-10,17,26H,11-12H2,1-2H3/t17-,18?/m1/s1. The lowest BCUT2D eigenvalue weighted by Gasteiger charge is -2.46. The van der Waals surface area contributed by atoms with Crippen LogP contribution in [0.2, 0.25) is 0 Å². The zero-order chi connectivity index (χ0) is 19.7. The van der Waals surface area contributed by atoms with Crippen LogP contribution in [0, 0.1) is 0 Å². The number of aliphatic hydroxyl groups is 1. The van der Waals surface area contributed by atoms with Crippen molar-refractivity contribution in [3.63, 3.8) is 0 Å². The quantitative estimate of drug-likeness (QED) is 0.806. The van der Waals surface area contributed by atoms with Crippen LogP contribution in [0.15, 0.2) is 53.8 Å². The van der Waals surface area contributed by atoms with Gasteiger partial charge in [-0.15, -0.1) is 13.2 Å². The molecule has 1 aromatic heterocycles. The molecule has 0 spiro atoms. The Labute approximate surface area is 155 Å². The third-order valence-corrected chi connectivity index (χ3v) is 4.53. The molecule has 1 heterocycles. The number of nitrogens with zero attached hydrogens (tertiary/aromatic N) is 3. The molecule has 0 unspecified atom stereocenters. The third kappa shape index (κ3) is 4.21. The molecule has 0 radical (unpaired) electrons. The maximum atomic E-state index is 12.4. The molecule has 8 heteroatoms. The fraction of sp³-hybridized carbons (Fsp3) is 0.368. The van der Waals surface area contributed by atoms with E-state index in [-0.39, 0.29) is 5.75 Å². The predicted molar refractivity (Wildman–Crippen MR) is 94.4 cm³/mol. The molecule has 1 fully saturated rings. The number of ether oxygens (including phenoxy) is 1. The first-order valence-electron chi connectivity index (χ1n) is 8.38. The largest absolute Gasteiger partial charge is 0.573 e. The number of halogens is 3. The van der Waals surface area contributed by atoms with Crippen LogP contribution in [-0.2, 0) is 5.41 Å². The predicted octanol–water partition coefficient (Wildman–Crippen LogP) is 3.66. The van der Waals surface area contributed by atoms with E-state index in [1.54, 1.807) is 41.5 Å². The van der Waals surface area contributed by atoms with Crippen LogP contribution in [0.5, 0.6) is 5.75 Å². The average molecular weight is 379 g/mol. The van der Waals surface area contributed by atoms with Crippen molar-refractivity contribution in [3.8, 4) is 5.75 Å². The zero-order valence-electron chi connectivity index (χ0n) is 14.9. The maximum absolute atomic E-state index is 12.4. The first kappa shape index (κ1) is 19.2. The van der Waals surface area contributed by atoms with Crippen LogP contribution in [0.3, 0.4) is 0 Å². The molecular formula is C19H20F3N3O2. The number of alkyl halides is 3. The molecule has 5 nitrogen and oxygen atoms in total. The fourth-order valence-corrected chi connectivity index (χ4v) is 3.39. The van der Waals surface area contributed by atoms with Gasteiger partial charge in [0.05, 0.1) is 5.69 Å². The molecule has 0 saturated heterocycles. The molecule has 1 aliphatic carbocycles. The van der Waals surface area contributed by atoms with Crippen molar-refractivity contribution in [1.82, 2.24) is 9.99 Å². The summed E-state index contributed by atoms with van der Waals surface area (Å²) in [7, 11) is 3.62. The van der Waals surface area contributed by atoms with E-state index in [1.807, 2.05) is 14.1 Å². The minimum Gasteiger partial charge on any atom is -0.406 e. The van der Waals surface area contributed by atoms with Gasteiger partial charge in [0.15, 0.2) is 0 Å². The lowest BCUT2D eigenvalue weighted by atomic mass is 9.59. The van der Waals surface area contributed by atoms with Gasteiger partial charge in [-0.1, -0.05) is 18.2 Å². The minimum absolute atomic E-state index is 0.296. The van der Waals surface area contributed by atoms with Gasteiger partial charge < -0.3 is 14.9 Å². The first-order valence-corrected chi connectivity index (χ1v) is 8.38. The summed E-state index contributed by atoms with van der Waals surface area (Å²) in [6.07, 6.45) is -3.08. The van der Waals surface area contributed by atoms with E-state index in [0.717, 1.165) is 5.71 Å². The molecule has 1 atom stereocenters. The van der Waals surface area contributed by atoms with Crippen LogP contribution in [-0.4, -0.2) is 41.3 Å². The van der Waals surface area contributed by atoms with E-state index >= 15 is 0 Å². The van der Waals surface area contributed by atoms with Gasteiger partial charge in [-0.3, -0.25) is 4.98 Å². The Morgan fingerprint density at radius 1 is 1.15 bits per heavy atom. The van der Waals surface area contributed by atoms with Crippen LogP contribution >= 0.6 is 0 Å². The van der Waals surface area contributed by atoms with Crippen LogP contribution < -0.4 is 4.74 Å². The lowest BCUT2D eigenvalue weighted by molar-refractivity contribution is -0.274. The fourth-order valence-electron chi connectivity index (χ4n) is 3.39. The van der Waals surface area contributed by atoms with Gasteiger partial charge in [-0.2, -0.15) is 5.10 Å². The number of rotatable bonds is 5. The van der Waals surface area contributed by atoms with E-state index in [2.05, 4.69) is 14.8 Å². The molecule has 0 bridgehead atoms. The van der Waals surface area contributed by atoms with Gasteiger partial charge >= 0.3 is 6.36 Å². The molecule has 1 N–H and O–H groups in total. The summed E-state index contributed by atoms with van der Waals surface area (Å²) in [6.45, 7) is 0. The van der Waals surface area contributed by atoms with Crippen LogP contribution in [0.4, 0.5) is 13.2 Å². The molecule has 0 amide bonds. The summed E-state index contributed by atoms with van der Waals surface area (Å²) in [6, 6.07) is 10.9. The number of benzene rings is 1. The van der Waals surface area contributed by atoms with Crippen molar-refractivity contribution in [3.05, 3.63) is 59.9 Å². The normalized spacial score (nSPS) is 20.6. The second-order valence-corrected chi connectivity index (χ2v) is 6.75. The average Bonchev–Trinajstić information content (AvgIpc) is 2.57. The number of aromatic nitrogens is 1. The summed E-state index contributed by atoms with van der Waals surface area (Å²) >= 11 is 0. The third-order valence-electron chi connectivity index (χ3n) is 4.53. The Kier molecular flexibility index (Phi) is 5.10. The topological polar surface area (TPSA) is 58.0 Å². The Hall–Kier alpha value is -2.61. The van der Waals surface area contributed by atoms with Crippen molar-refractivity contribution in [1.29, 1.82) is 0 Å². The first-order chi connectivity index (χ1) is 12.7. The van der Waals surface area contributed by atoms with Crippen molar-refractivity contribution >= 4 is 5.71 Å². The Morgan fingerprint density at radius 2 is 1.81 bits per heavy atom. The Bertz CT molecular complexity index is 797. The summed E-state index contributed by atoms with van der Waals surface area (Å²) in [5.41, 5.74) is 1.44. The van der Waals surface area contributed by atoms with Crippen molar-refractivity contribution in [2.24, 2.45) is 5.10 Å². The van der Waals surface area contributed by atoms with E-state index < -0.39 is 17.9 Å². The van der Waals surface area contributed by atoms with Crippen molar-refractivity contribution < 1.29 is 23.0 Å². The maximum Gasteiger partial charge on any atom is 0.573 e. The highest BCUT2D eigenvalue weighted by molar-refractivity contribution is 5.93. The zero-order valence-corrected chi connectivity index (χ0v) is 14.9. The number of hydrazone groups is 1. The molecule has 1 saturated carbocycles. The summed E-state index contributed by atoms with van der Waals surface area (Å²) in [5, 5.41) is 17.1. The smallest absolute Gasteiger partial charge is 0.406 e. The van der Waals surface area contributed by atoms with E-state index in [1.165, 1.54) is 12.1 Å². The van der Waals surface area contributed by atoms with Gasteiger partial charge in [0.2, 0.25) is 0 Å². The van der Waals surface area contributed by atoms with E-state index in [4.69, 9.17) is 0 Å². The highest BCUT2D eigenvalue weighted by Gasteiger charge is 2.50. The van der Waals surface area contributed by atoms with Gasteiger partial charge in [-0.25, -0.2) is 0 Å². The molecule has 0 aliphatic heterocycles. The lowest BCUT2D eigenvalue weighted by Crippen LogP contribution is -2.47. The second kappa shape index (κ2) is 7.19.